The van der Waals surface area contributed by atoms with Crippen LogP contribution in [0, 0.1) is 0 Å². The Labute approximate surface area is 106 Å². The topological polar surface area (TPSA) is 52.6 Å². The second kappa shape index (κ2) is 5.00. The van der Waals surface area contributed by atoms with Crippen molar-refractivity contribution in [1.29, 1.82) is 0 Å². The van der Waals surface area contributed by atoms with Crippen molar-refractivity contribution < 1.29 is 19.1 Å². The lowest BCUT2D eigenvalue weighted by Gasteiger charge is -2.39. The summed E-state index contributed by atoms with van der Waals surface area (Å²) in [7, 11) is 0. The summed E-state index contributed by atoms with van der Waals surface area (Å²) in [6.07, 6.45) is -0.448. The number of rotatable bonds is 3. The Morgan fingerprint density at radius 2 is 2.00 bits per heavy atom. The minimum Gasteiger partial charge on any atom is -0.350 e. The van der Waals surface area contributed by atoms with Crippen LogP contribution in [-0.4, -0.2) is 30.6 Å². The molecule has 0 saturated carbocycles. The van der Waals surface area contributed by atoms with Crippen molar-refractivity contribution in [2.45, 2.75) is 31.7 Å². The van der Waals surface area contributed by atoms with Crippen LogP contribution in [-0.2, 0) is 19.1 Å². The van der Waals surface area contributed by atoms with E-state index in [1.54, 1.807) is 13.8 Å². The van der Waals surface area contributed by atoms with Gasteiger partial charge in [-0.05, 0) is 19.4 Å². The monoisotopic (exact) mass is 248 g/mol. The van der Waals surface area contributed by atoms with Crippen molar-refractivity contribution in [2.75, 3.05) is 6.61 Å². The lowest BCUT2D eigenvalue weighted by Crippen LogP contribution is -2.48. The standard InChI is InChI=1S/C14H16O4/c1-14(2)17-9-11(10-6-4-3-5-7-10)13(18-14)12(16)8-15/h3-8,11,13H,9H2,1-2H3. The van der Waals surface area contributed by atoms with Gasteiger partial charge in [0.2, 0.25) is 5.78 Å². The van der Waals surface area contributed by atoms with Gasteiger partial charge in [0.25, 0.3) is 0 Å². The molecule has 0 radical (unpaired) electrons. The van der Waals surface area contributed by atoms with Crippen molar-refractivity contribution >= 4 is 12.1 Å². The van der Waals surface area contributed by atoms with Gasteiger partial charge in [-0.25, -0.2) is 0 Å². The van der Waals surface area contributed by atoms with Gasteiger partial charge in [-0.2, -0.15) is 0 Å². The van der Waals surface area contributed by atoms with E-state index in [0.29, 0.717) is 12.9 Å². The van der Waals surface area contributed by atoms with Crippen LogP contribution in [0.4, 0.5) is 0 Å². The van der Waals surface area contributed by atoms with Gasteiger partial charge in [0.05, 0.1) is 6.61 Å². The minimum absolute atomic E-state index is 0.239. The molecule has 1 saturated heterocycles. The van der Waals surface area contributed by atoms with Gasteiger partial charge in [0.1, 0.15) is 6.10 Å². The molecule has 2 rings (SSSR count). The van der Waals surface area contributed by atoms with E-state index in [1.807, 2.05) is 30.3 Å². The molecule has 2 atom stereocenters. The Morgan fingerprint density at radius 3 is 2.61 bits per heavy atom. The third-order valence-electron chi connectivity index (χ3n) is 3.01. The molecule has 0 spiro atoms. The molecule has 4 nitrogen and oxygen atoms in total. The molecule has 1 aliphatic rings. The third-order valence-corrected chi connectivity index (χ3v) is 3.01. The molecule has 1 aromatic rings. The number of aldehydes is 1. The average Bonchev–Trinajstić information content (AvgIpc) is 2.38. The van der Waals surface area contributed by atoms with Crippen LogP contribution in [0.1, 0.15) is 25.3 Å². The quantitative estimate of drug-likeness (QED) is 0.603. The molecule has 2 unspecified atom stereocenters. The third kappa shape index (κ3) is 2.66. The lowest BCUT2D eigenvalue weighted by atomic mass is 9.90. The van der Waals surface area contributed by atoms with Crippen LogP contribution in [0.25, 0.3) is 0 Å². The molecule has 4 heteroatoms. The molecular weight excluding hydrogens is 232 g/mol. The van der Waals surface area contributed by atoms with Gasteiger partial charge in [-0.15, -0.1) is 0 Å². The highest BCUT2D eigenvalue weighted by molar-refractivity contribution is 6.27. The van der Waals surface area contributed by atoms with Gasteiger partial charge < -0.3 is 9.47 Å². The number of benzene rings is 1. The number of ether oxygens (including phenoxy) is 2. The smallest absolute Gasteiger partial charge is 0.224 e. The maximum absolute atomic E-state index is 11.7. The van der Waals surface area contributed by atoms with Gasteiger partial charge in [0, 0.05) is 5.92 Å². The van der Waals surface area contributed by atoms with Gasteiger partial charge in [-0.3, -0.25) is 9.59 Å². The van der Waals surface area contributed by atoms with Crippen LogP contribution in [0.15, 0.2) is 30.3 Å². The van der Waals surface area contributed by atoms with E-state index in [0.717, 1.165) is 5.56 Å². The van der Waals surface area contributed by atoms with E-state index < -0.39 is 17.7 Å². The maximum atomic E-state index is 11.7. The normalized spacial score (nSPS) is 26.6. The van der Waals surface area contributed by atoms with Crippen LogP contribution >= 0.6 is 0 Å². The van der Waals surface area contributed by atoms with E-state index in [2.05, 4.69) is 0 Å². The van der Waals surface area contributed by atoms with Crippen LogP contribution < -0.4 is 0 Å². The van der Waals surface area contributed by atoms with Crippen molar-refractivity contribution in [3.8, 4) is 0 Å². The summed E-state index contributed by atoms with van der Waals surface area (Å²) in [4.78, 5) is 22.4. The molecule has 1 aliphatic heterocycles. The number of Topliss-reactive ketones (excluding diaryl/α,β-unsaturated/α-hetero) is 1. The van der Waals surface area contributed by atoms with E-state index in [4.69, 9.17) is 9.47 Å². The summed E-state index contributed by atoms with van der Waals surface area (Å²) in [5.74, 6) is -1.62. The maximum Gasteiger partial charge on any atom is 0.224 e. The number of hydrogen-bond acceptors (Lipinski definition) is 4. The first kappa shape index (κ1) is 12.9. The molecule has 0 N–H and O–H groups in total. The first-order chi connectivity index (χ1) is 8.53. The number of hydrogen-bond donors (Lipinski definition) is 0. The number of ketones is 1. The molecule has 0 bridgehead atoms. The molecular formula is C14H16O4. The molecule has 0 aromatic heterocycles. The van der Waals surface area contributed by atoms with E-state index in [1.165, 1.54) is 0 Å². The predicted molar refractivity (Wildman–Crippen MR) is 65.2 cm³/mol. The van der Waals surface area contributed by atoms with Gasteiger partial charge in [-0.1, -0.05) is 30.3 Å². The highest BCUT2D eigenvalue weighted by Crippen LogP contribution is 2.32. The van der Waals surface area contributed by atoms with E-state index >= 15 is 0 Å². The Balaban J connectivity index is 2.28. The predicted octanol–water partition coefficient (Wildman–Crippen LogP) is 1.69. The zero-order chi connectivity index (χ0) is 13.2. The molecule has 0 amide bonds. The first-order valence-corrected chi connectivity index (χ1v) is 5.89. The summed E-state index contributed by atoms with van der Waals surface area (Å²) < 4.78 is 11.2. The second-order valence-corrected chi connectivity index (χ2v) is 4.79. The molecule has 1 fully saturated rings. The molecule has 18 heavy (non-hydrogen) atoms. The molecule has 1 heterocycles. The average molecular weight is 248 g/mol. The fraction of sp³-hybridized carbons (Fsp3) is 0.429. The van der Waals surface area contributed by atoms with Gasteiger partial charge in [0.15, 0.2) is 12.1 Å². The largest absolute Gasteiger partial charge is 0.350 e. The Morgan fingerprint density at radius 1 is 1.33 bits per heavy atom. The highest BCUT2D eigenvalue weighted by Gasteiger charge is 2.40. The van der Waals surface area contributed by atoms with Gasteiger partial charge >= 0.3 is 0 Å². The SMILES string of the molecule is CC1(C)OCC(c2ccccc2)C(C(=O)C=O)O1. The van der Waals surface area contributed by atoms with Crippen LogP contribution in [0.2, 0.25) is 0 Å². The Bertz CT molecular complexity index is 438. The fourth-order valence-electron chi connectivity index (χ4n) is 2.09. The number of carbonyl (C=O) groups excluding carboxylic acids is 2. The highest BCUT2D eigenvalue weighted by atomic mass is 16.7. The van der Waals surface area contributed by atoms with E-state index in [9.17, 15) is 9.59 Å². The summed E-state index contributed by atoms with van der Waals surface area (Å²) in [5, 5.41) is 0. The summed E-state index contributed by atoms with van der Waals surface area (Å²) in [6.45, 7) is 3.83. The summed E-state index contributed by atoms with van der Waals surface area (Å²) in [6, 6.07) is 9.48. The van der Waals surface area contributed by atoms with Crippen molar-refractivity contribution in [3.63, 3.8) is 0 Å². The van der Waals surface area contributed by atoms with Crippen molar-refractivity contribution in [1.82, 2.24) is 0 Å². The zero-order valence-corrected chi connectivity index (χ0v) is 10.5. The Hall–Kier alpha value is -1.52. The first-order valence-electron chi connectivity index (χ1n) is 5.89. The van der Waals surface area contributed by atoms with Crippen molar-refractivity contribution in [2.24, 2.45) is 0 Å². The van der Waals surface area contributed by atoms with Crippen LogP contribution in [0.3, 0.4) is 0 Å². The van der Waals surface area contributed by atoms with Crippen LogP contribution in [0.5, 0.6) is 0 Å². The fourth-order valence-corrected chi connectivity index (χ4v) is 2.09. The number of carbonyl (C=O) groups is 2. The second-order valence-electron chi connectivity index (χ2n) is 4.79. The Kier molecular flexibility index (Phi) is 3.59. The summed E-state index contributed by atoms with van der Waals surface area (Å²) >= 11 is 0. The zero-order valence-electron chi connectivity index (χ0n) is 10.5. The summed E-state index contributed by atoms with van der Waals surface area (Å²) in [5.41, 5.74) is 0.938. The molecule has 1 aromatic carbocycles. The van der Waals surface area contributed by atoms with E-state index in [-0.39, 0.29) is 5.92 Å². The minimum atomic E-state index is -0.839. The lowest BCUT2D eigenvalue weighted by molar-refractivity contribution is -0.273. The molecule has 0 aliphatic carbocycles. The molecule has 96 valence electrons. The van der Waals surface area contributed by atoms with Crippen molar-refractivity contribution in [3.05, 3.63) is 35.9 Å².